The third kappa shape index (κ3) is 3.32. The van der Waals surface area contributed by atoms with E-state index in [1.54, 1.807) is 24.3 Å². The van der Waals surface area contributed by atoms with Crippen molar-refractivity contribution < 1.29 is 39.8 Å². The smallest absolute Gasteiger partial charge is 0.309 e. The second-order valence-corrected chi connectivity index (χ2v) is 5.86. The number of hydrogen-bond donors (Lipinski definition) is 6. The largest absolute Gasteiger partial charge is 0.481 e. The summed E-state index contributed by atoms with van der Waals surface area (Å²) < 4.78 is 11.0. The number of aromatic amines is 1. The molecule has 0 amide bonds. The van der Waals surface area contributed by atoms with Gasteiger partial charge in [-0.15, -0.1) is 0 Å². The molecule has 25 heavy (non-hydrogen) atoms. The Labute approximate surface area is 142 Å². The predicted molar refractivity (Wildman–Crippen MR) is 84.0 cm³/mol. The number of ether oxygens (including phenoxy) is 2. The molecule has 1 aliphatic heterocycles. The molecule has 6 N–H and O–H groups in total. The molecule has 0 bridgehead atoms. The molecule has 0 saturated carbocycles. The fourth-order valence-corrected chi connectivity index (χ4v) is 2.86. The summed E-state index contributed by atoms with van der Waals surface area (Å²) in [5.74, 6) is -0.910. The number of H-pyrrole nitrogens is 1. The van der Waals surface area contributed by atoms with Crippen molar-refractivity contribution in [2.75, 3.05) is 6.61 Å². The van der Waals surface area contributed by atoms with Gasteiger partial charge >= 0.3 is 5.97 Å². The van der Waals surface area contributed by atoms with Gasteiger partial charge in [-0.1, -0.05) is 12.1 Å². The number of carboxylic acids is 1. The number of rotatable bonds is 5. The Balaban J connectivity index is 1.94. The predicted octanol–water partition coefficient (Wildman–Crippen LogP) is -1.03. The van der Waals surface area contributed by atoms with Crippen LogP contribution in [0.15, 0.2) is 24.3 Å². The van der Waals surface area contributed by atoms with Gasteiger partial charge in [0.1, 0.15) is 24.4 Å². The Bertz CT molecular complexity index is 758. The average Bonchev–Trinajstić information content (AvgIpc) is 2.92. The Morgan fingerprint density at radius 3 is 2.56 bits per heavy atom. The van der Waals surface area contributed by atoms with Gasteiger partial charge in [-0.25, -0.2) is 0 Å². The van der Waals surface area contributed by atoms with Crippen molar-refractivity contribution in [3.05, 3.63) is 30.0 Å². The highest BCUT2D eigenvalue weighted by molar-refractivity contribution is 5.89. The van der Waals surface area contributed by atoms with E-state index >= 15 is 0 Å². The standard InChI is InChI=1S/C16H19NO8/c18-6-10-12(21)13(22)14(23)16(24-10)25-15-7-3-1-2-4-8(7)17-9(15)5-11(19)20/h1-4,10,12-14,16-18,21-23H,5-6H2,(H,19,20)/t10-,12-,13+,14-,16-/m1/s1. The molecule has 1 aromatic heterocycles. The number of aromatic nitrogens is 1. The van der Waals surface area contributed by atoms with Gasteiger partial charge in [-0.3, -0.25) is 4.79 Å². The first kappa shape index (κ1) is 17.6. The van der Waals surface area contributed by atoms with Crippen LogP contribution in [0.5, 0.6) is 5.75 Å². The normalized spacial score (nSPS) is 29.7. The van der Waals surface area contributed by atoms with E-state index in [2.05, 4.69) is 4.98 Å². The van der Waals surface area contributed by atoms with E-state index in [0.717, 1.165) is 0 Å². The molecule has 5 atom stereocenters. The molecule has 1 aromatic carbocycles. The molecule has 3 rings (SSSR count). The second kappa shape index (κ2) is 6.98. The summed E-state index contributed by atoms with van der Waals surface area (Å²) in [5, 5.41) is 48.6. The van der Waals surface area contributed by atoms with Crippen molar-refractivity contribution in [3.63, 3.8) is 0 Å². The maximum absolute atomic E-state index is 11.1. The third-order valence-electron chi connectivity index (χ3n) is 4.14. The fourth-order valence-electron chi connectivity index (χ4n) is 2.86. The number of hydrogen-bond acceptors (Lipinski definition) is 7. The molecule has 9 nitrogen and oxygen atoms in total. The number of nitrogens with one attached hydrogen (secondary N) is 1. The summed E-state index contributed by atoms with van der Waals surface area (Å²) in [5.41, 5.74) is 0.906. The number of benzene rings is 1. The molecule has 0 unspecified atom stereocenters. The van der Waals surface area contributed by atoms with Crippen molar-refractivity contribution in [1.82, 2.24) is 4.98 Å². The topological polar surface area (TPSA) is 152 Å². The molecule has 1 saturated heterocycles. The molecule has 0 radical (unpaired) electrons. The van der Waals surface area contributed by atoms with Crippen molar-refractivity contribution in [1.29, 1.82) is 0 Å². The summed E-state index contributed by atoms with van der Waals surface area (Å²) >= 11 is 0. The van der Waals surface area contributed by atoms with Crippen LogP contribution < -0.4 is 4.74 Å². The van der Waals surface area contributed by atoms with Crippen molar-refractivity contribution >= 4 is 16.9 Å². The van der Waals surface area contributed by atoms with E-state index in [0.29, 0.717) is 10.9 Å². The van der Waals surface area contributed by atoms with E-state index in [9.17, 15) is 25.2 Å². The highest BCUT2D eigenvalue weighted by Gasteiger charge is 2.45. The first-order valence-corrected chi connectivity index (χ1v) is 7.71. The third-order valence-corrected chi connectivity index (χ3v) is 4.14. The molecule has 2 heterocycles. The van der Waals surface area contributed by atoms with Gasteiger partial charge in [-0.2, -0.15) is 0 Å². The van der Waals surface area contributed by atoms with Crippen LogP contribution in [0.2, 0.25) is 0 Å². The monoisotopic (exact) mass is 353 g/mol. The lowest BCUT2D eigenvalue weighted by Crippen LogP contribution is -2.60. The summed E-state index contributed by atoms with van der Waals surface area (Å²) in [6.07, 6.45) is -7.50. The van der Waals surface area contributed by atoms with Crippen LogP contribution in [0.4, 0.5) is 0 Å². The van der Waals surface area contributed by atoms with Gasteiger partial charge < -0.3 is 40.0 Å². The molecule has 9 heteroatoms. The molecule has 2 aromatic rings. The maximum atomic E-state index is 11.1. The van der Waals surface area contributed by atoms with E-state index in [1.165, 1.54) is 0 Å². The Morgan fingerprint density at radius 1 is 1.16 bits per heavy atom. The summed E-state index contributed by atoms with van der Waals surface area (Å²) in [4.78, 5) is 14.0. The lowest BCUT2D eigenvalue weighted by Gasteiger charge is -2.39. The quantitative estimate of drug-likeness (QED) is 0.399. The Morgan fingerprint density at radius 2 is 1.88 bits per heavy atom. The van der Waals surface area contributed by atoms with Gasteiger partial charge in [0.05, 0.1) is 18.7 Å². The van der Waals surface area contributed by atoms with Crippen LogP contribution in [0.25, 0.3) is 10.9 Å². The minimum absolute atomic E-state index is 0.169. The van der Waals surface area contributed by atoms with Gasteiger partial charge in [-0.05, 0) is 12.1 Å². The van der Waals surface area contributed by atoms with Crippen LogP contribution >= 0.6 is 0 Å². The van der Waals surface area contributed by atoms with Crippen molar-refractivity contribution in [2.24, 2.45) is 0 Å². The number of aliphatic carboxylic acids is 1. The number of aliphatic hydroxyl groups is 4. The summed E-state index contributed by atoms with van der Waals surface area (Å²) in [6.45, 7) is -0.583. The first-order valence-electron chi connectivity index (χ1n) is 7.71. The van der Waals surface area contributed by atoms with Gasteiger partial charge in [0.15, 0.2) is 5.75 Å². The fraction of sp³-hybridized carbons (Fsp3) is 0.438. The van der Waals surface area contributed by atoms with Crippen LogP contribution in [0.3, 0.4) is 0 Å². The molecule has 0 aliphatic carbocycles. The molecule has 136 valence electrons. The summed E-state index contributed by atoms with van der Waals surface area (Å²) in [6, 6.07) is 6.94. The number of carbonyl (C=O) groups is 1. The minimum Gasteiger partial charge on any atom is -0.481 e. The molecule has 0 spiro atoms. The summed E-state index contributed by atoms with van der Waals surface area (Å²) in [7, 11) is 0. The van der Waals surface area contributed by atoms with Gasteiger partial charge in [0.2, 0.25) is 6.29 Å². The lowest BCUT2D eigenvalue weighted by atomic mass is 9.99. The minimum atomic E-state index is -1.58. The van der Waals surface area contributed by atoms with Gasteiger partial charge in [0.25, 0.3) is 0 Å². The highest BCUT2D eigenvalue weighted by Crippen LogP contribution is 2.33. The first-order chi connectivity index (χ1) is 11.9. The van der Waals surface area contributed by atoms with E-state index in [-0.39, 0.29) is 17.9 Å². The molecular formula is C16H19NO8. The number of para-hydroxylation sites is 1. The average molecular weight is 353 g/mol. The number of aliphatic hydroxyl groups excluding tert-OH is 4. The Kier molecular flexibility index (Phi) is 4.93. The molecule has 1 aliphatic rings. The van der Waals surface area contributed by atoms with Crippen LogP contribution in [0, 0.1) is 0 Å². The lowest BCUT2D eigenvalue weighted by molar-refractivity contribution is -0.277. The Hall–Kier alpha value is -2.17. The zero-order valence-electron chi connectivity index (χ0n) is 13.1. The molecule has 1 fully saturated rings. The zero-order chi connectivity index (χ0) is 18.1. The van der Waals surface area contributed by atoms with Crippen LogP contribution in [-0.4, -0.2) is 73.8 Å². The van der Waals surface area contributed by atoms with E-state index in [1.807, 2.05) is 0 Å². The number of fused-ring (bicyclic) bond motifs is 1. The van der Waals surface area contributed by atoms with Crippen LogP contribution in [0.1, 0.15) is 5.69 Å². The molecular weight excluding hydrogens is 334 g/mol. The number of carboxylic acid groups (broad SMARTS) is 1. The van der Waals surface area contributed by atoms with E-state index in [4.69, 9.17) is 14.6 Å². The van der Waals surface area contributed by atoms with Crippen molar-refractivity contribution in [2.45, 2.75) is 37.1 Å². The highest BCUT2D eigenvalue weighted by atomic mass is 16.7. The second-order valence-electron chi connectivity index (χ2n) is 5.86. The SMILES string of the molecule is O=C(O)Cc1[nH]c2ccccc2c1O[C@H]1O[C@H](CO)[C@@H](O)[C@H](O)[C@H]1O. The van der Waals surface area contributed by atoms with Gasteiger partial charge in [0, 0.05) is 10.9 Å². The zero-order valence-corrected chi connectivity index (χ0v) is 13.1. The van der Waals surface area contributed by atoms with E-state index < -0.39 is 43.3 Å². The van der Waals surface area contributed by atoms with Crippen LogP contribution in [-0.2, 0) is 16.0 Å². The van der Waals surface area contributed by atoms with Crippen molar-refractivity contribution in [3.8, 4) is 5.75 Å². The maximum Gasteiger partial charge on any atom is 0.309 e.